The zero-order valence-corrected chi connectivity index (χ0v) is 12.9. The first-order chi connectivity index (χ1) is 8.49. The molecule has 6 heteroatoms. The Labute approximate surface area is 122 Å². The zero-order chi connectivity index (χ0) is 13.3. The van der Waals surface area contributed by atoms with Crippen LogP contribution in [0.2, 0.25) is 0 Å². The molecule has 0 saturated carbocycles. The maximum atomic E-state index is 12.1. The summed E-state index contributed by atoms with van der Waals surface area (Å²) in [6.07, 6.45) is 0.662. The van der Waals surface area contributed by atoms with Gasteiger partial charge in [-0.15, -0.1) is 0 Å². The Hall–Kier alpha value is -0.880. The number of amides is 2. The van der Waals surface area contributed by atoms with Crippen molar-refractivity contribution in [3.05, 3.63) is 32.7 Å². The maximum absolute atomic E-state index is 12.1. The van der Waals surface area contributed by atoms with Crippen LogP contribution in [-0.2, 0) is 4.79 Å². The van der Waals surface area contributed by atoms with Crippen molar-refractivity contribution in [1.82, 2.24) is 10.2 Å². The summed E-state index contributed by atoms with van der Waals surface area (Å²) in [4.78, 5) is 25.4. The van der Waals surface area contributed by atoms with E-state index in [0.717, 1.165) is 4.47 Å². The van der Waals surface area contributed by atoms with Gasteiger partial charge in [0.05, 0.1) is 5.56 Å². The molecule has 1 aromatic rings. The lowest BCUT2D eigenvalue weighted by Crippen LogP contribution is -2.40. The number of rotatable bonds is 2. The molecule has 0 spiro atoms. The number of nitrogens with one attached hydrogen (secondary N) is 1. The van der Waals surface area contributed by atoms with E-state index in [4.69, 9.17) is 0 Å². The van der Waals surface area contributed by atoms with Gasteiger partial charge in [-0.2, -0.15) is 0 Å². The van der Waals surface area contributed by atoms with Gasteiger partial charge in [-0.25, -0.2) is 0 Å². The van der Waals surface area contributed by atoms with Gasteiger partial charge in [-0.05, 0) is 40.5 Å². The molecule has 1 fully saturated rings. The van der Waals surface area contributed by atoms with Crippen molar-refractivity contribution in [2.45, 2.75) is 12.5 Å². The van der Waals surface area contributed by atoms with E-state index in [1.807, 2.05) is 0 Å². The predicted octanol–water partition coefficient (Wildman–Crippen LogP) is 2.17. The fourth-order valence-corrected chi connectivity index (χ4v) is 3.09. The van der Waals surface area contributed by atoms with Crippen molar-refractivity contribution < 1.29 is 9.59 Å². The van der Waals surface area contributed by atoms with Crippen molar-refractivity contribution in [2.24, 2.45) is 0 Å². The summed E-state index contributed by atoms with van der Waals surface area (Å²) >= 11 is 6.67. The molecule has 1 atom stereocenters. The average molecular weight is 376 g/mol. The maximum Gasteiger partial charge on any atom is 0.253 e. The molecule has 1 unspecified atom stereocenters. The second-order valence-electron chi connectivity index (χ2n) is 4.20. The number of hydrogen-bond acceptors (Lipinski definition) is 2. The molecular weight excluding hydrogens is 364 g/mol. The minimum Gasteiger partial charge on any atom is -0.344 e. The topological polar surface area (TPSA) is 49.4 Å². The Bertz CT molecular complexity index is 505. The van der Waals surface area contributed by atoms with Gasteiger partial charge in [0.1, 0.15) is 6.04 Å². The van der Waals surface area contributed by atoms with Crippen LogP contribution in [0, 0.1) is 0 Å². The third kappa shape index (κ3) is 2.75. The second-order valence-corrected chi connectivity index (χ2v) is 5.97. The van der Waals surface area contributed by atoms with Crippen LogP contribution in [0.1, 0.15) is 16.8 Å². The highest BCUT2D eigenvalue weighted by molar-refractivity contribution is 9.11. The standard InChI is InChI=1S/C12H12Br2N2O2/c1-16-5-4-10(12(16)18)15-11(17)8-3-2-7(13)6-9(8)14/h2-3,6,10H,4-5H2,1H3,(H,15,17). The van der Waals surface area contributed by atoms with E-state index in [2.05, 4.69) is 37.2 Å². The van der Waals surface area contributed by atoms with E-state index < -0.39 is 6.04 Å². The Morgan fingerprint density at radius 3 is 2.72 bits per heavy atom. The minimum absolute atomic E-state index is 0.0309. The molecule has 18 heavy (non-hydrogen) atoms. The summed E-state index contributed by atoms with van der Waals surface area (Å²) < 4.78 is 1.59. The van der Waals surface area contributed by atoms with Gasteiger partial charge < -0.3 is 10.2 Å². The fourth-order valence-electron chi connectivity index (χ4n) is 1.87. The van der Waals surface area contributed by atoms with Gasteiger partial charge in [-0.1, -0.05) is 15.9 Å². The first kappa shape index (κ1) is 13.5. The summed E-state index contributed by atoms with van der Waals surface area (Å²) in [6, 6.07) is 4.91. The van der Waals surface area contributed by atoms with Crippen LogP contribution in [0.25, 0.3) is 0 Å². The number of likely N-dealkylation sites (tertiary alicyclic amines) is 1. The molecule has 0 aliphatic carbocycles. The van der Waals surface area contributed by atoms with Gasteiger partial charge in [0.25, 0.3) is 5.91 Å². The van der Waals surface area contributed by atoms with Crippen LogP contribution >= 0.6 is 31.9 Å². The highest BCUT2D eigenvalue weighted by Crippen LogP contribution is 2.22. The molecule has 1 aliphatic heterocycles. The molecule has 4 nitrogen and oxygen atoms in total. The predicted molar refractivity (Wildman–Crippen MR) is 75.4 cm³/mol. The highest BCUT2D eigenvalue weighted by atomic mass is 79.9. The molecule has 2 amide bonds. The van der Waals surface area contributed by atoms with Gasteiger partial charge in [0, 0.05) is 22.5 Å². The third-order valence-corrected chi connectivity index (χ3v) is 4.06. The summed E-state index contributed by atoms with van der Waals surface area (Å²) in [5.41, 5.74) is 0.528. The van der Waals surface area contributed by atoms with Gasteiger partial charge >= 0.3 is 0 Å². The van der Waals surface area contributed by atoms with Gasteiger partial charge in [0.2, 0.25) is 5.91 Å². The molecule has 1 heterocycles. The van der Waals surface area contributed by atoms with Crippen LogP contribution in [0.5, 0.6) is 0 Å². The first-order valence-corrected chi connectivity index (χ1v) is 7.08. The molecule has 1 N–H and O–H groups in total. The van der Waals surface area contributed by atoms with E-state index in [-0.39, 0.29) is 11.8 Å². The molecule has 0 bridgehead atoms. The Morgan fingerprint density at radius 2 is 2.17 bits per heavy atom. The minimum atomic E-state index is -0.405. The zero-order valence-electron chi connectivity index (χ0n) is 9.74. The number of halogens is 2. The van der Waals surface area contributed by atoms with E-state index in [1.165, 1.54) is 0 Å². The number of benzene rings is 1. The highest BCUT2D eigenvalue weighted by Gasteiger charge is 2.30. The van der Waals surface area contributed by atoms with Crippen LogP contribution in [-0.4, -0.2) is 36.3 Å². The largest absolute Gasteiger partial charge is 0.344 e. The SMILES string of the molecule is CN1CCC(NC(=O)c2ccc(Br)cc2Br)C1=O. The molecule has 1 saturated heterocycles. The Balaban J connectivity index is 2.11. The molecular formula is C12H12Br2N2O2. The molecule has 1 aromatic carbocycles. The van der Waals surface area contributed by atoms with Gasteiger partial charge in [0.15, 0.2) is 0 Å². The van der Waals surface area contributed by atoms with Crippen molar-refractivity contribution in [3.8, 4) is 0 Å². The molecule has 1 aliphatic rings. The molecule has 0 aromatic heterocycles. The molecule has 2 rings (SSSR count). The summed E-state index contributed by atoms with van der Waals surface area (Å²) in [6.45, 7) is 0.686. The monoisotopic (exact) mass is 374 g/mol. The quantitative estimate of drug-likeness (QED) is 0.861. The van der Waals surface area contributed by atoms with E-state index in [1.54, 1.807) is 30.1 Å². The normalized spacial score (nSPS) is 19.2. The Morgan fingerprint density at radius 1 is 1.44 bits per heavy atom. The number of hydrogen-bond donors (Lipinski definition) is 1. The van der Waals surface area contributed by atoms with Crippen LogP contribution in [0.3, 0.4) is 0 Å². The molecule has 96 valence electrons. The molecule has 0 radical (unpaired) electrons. The lowest BCUT2D eigenvalue weighted by molar-refractivity contribution is -0.128. The van der Waals surface area contributed by atoms with Gasteiger partial charge in [-0.3, -0.25) is 9.59 Å². The number of nitrogens with zero attached hydrogens (tertiary/aromatic N) is 1. The van der Waals surface area contributed by atoms with E-state index in [0.29, 0.717) is 23.0 Å². The van der Waals surface area contributed by atoms with Crippen molar-refractivity contribution in [1.29, 1.82) is 0 Å². The summed E-state index contributed by atoms with van der Waals surface area (Å²) in [5, 5.41) is 2.76. The average Bonchev–Trinajstić information content (AvgIpc) is 2.61. The third-order valence-electron chi connectivity index (χ3n) is 2.91. The first-order valence-electron chi connectivity index (χ1n) is 5.50. The Kier molecular flexibility index (Phi) is 4.07. The smallest absolute Gasteiger partial charge is 0.253 e. The number of carbonyl (C=O) groups excluding carboxylic acids is 2. The van der Waals surface area contributed by atoms with E-state index in [9.17, 15) is 9.59 Å². The lowest BCUT2D eigenvalue weighted by atomic mass is 10.2. The van der Waals surface area contributed by atoms with E-state index >= 15 is 0 Å². The van der Waals surface area contributed by atoms with Crippen LogP contribution in [0.15, 0.2) is 27.1 Å². The summed E-state index contributed by atoms with van der Waals surface area (Å²) in [7, 11) is 1.74. The summed E-state index contributed by atoms with van der Waals surface area (Å²) in [5.74, 6) is -0.264. The van der Waals surface area contributed by atoms with Crippen molar-refractivity contribution in [3.63, 3.8) is 0 Å². The van der Waals surface area contributed by atoms with Crippen molar-refractivity contribution >= 4 is 43.7 Å². The second kappa shape index (κ2) is 5.40. The number of carbonyl (C=O) groups is 2. The van der Waals surface area contributed by atoms with Crippen LogP contribution < -0.4 is 5.32 Å². The lowest BCUT2D eigenvalue weighted by Gasteiger charge is -2.13. The van der Waals surface area contributed by atoms with Crippen LogP contribution in [0.4, 0.5) is 0 Å². The number of likely N-dealkylation sites (N-methyl/N-ethyl adjacent to an activating group) is 1. The van der Waals surface area contributed by atoms with Crippen molar-refractivity contribution in [2.75, 3.05) is 13.6 Å². The fraction of sp³-hybridized carbons (Fsp3) is 0.333.